The predicted octanol–water partition coefficient (Wildman–Crippen LogP) is 3.53. The molecular formula is C28H35N5O4S2. The Balaban J connectivity index is 1.27. The molecule has 1 aliphatic rings. The van der Waals surface area contributed by atoms with E-state index in [0.29, 0.717) is 12.1 Å². The van der Waals surface area contributed by atoms with Gasteiger partial charge in [0.1, 0.15) is 11.3 Å². The van der Waals surface area contributed by atoms with Gasteiger partial charge in [0, 0.05) is 57.9 Å². The number of anilines is 1. The van der Waals surface area contributed by atoms with Crippen LogP contribution in [0.15, 0.2) is 66.6 Å². The van der Waals surface area contributed by atoms with Gasteiger partial charge in [0.05, 0.1) is 16.7 Å². The first-order chi connectivity index (χ1) is 18.8. The largest absolute Gasteiger partial charge is 0.494 e. The number of fused-ring (bicyclic) bond motifs is 1. The number of piperazine rings is 1. The van der Waals surface area contributed by atoms with E-state index in [-0.39, 0.29) is 23.9 Å². The van der Waals surface area contributed by atoms with Crippen molar-refractivity contribution < 1.29 is 17.9 Å². The number of ether oxygens (including phenoxy) is 1. The van der Waals surface area contributed by atoms with Gasteiger partial charge in [-0.3, -0.25) is 9.69 Å². The third kappa shape index (κ3) is 6.50. The molecule has 0 atom stereocenters. The molecule has 11 heteroatoms. The second kappa shape index (κ2) is 12.7. The highest BCUT2D eigenvalue weighted by Crippen LogP contribution is 2.36. The topological polar surface area (TPSA) is 95.1 Å². The fourth-order valence-electron chi connectivity index (χ4n) is 4.48. The van der Waals surface area contributed by atoms with Crippen LogP contribution in [0.4, 0.5) is 5.13 Å². The lowest BCUT2D eigenvalue weighted by Gasteiger charge is -2.34. The molecule has 1 saturated heterocycles. The minimum atomic E-state index is -3.70. The molecular weight excluding hydrogens is 534 g/mol. The van der Waals surface area contributed by atoms with Gasteiger partial charge in [-0.25, -0.2) is 13.4 Å². The van der Waals surface area contributed by atoms with Gasteiger partial charge in [-0.05, 0) is 42.8 Å². The quantitative estimate of drug-likeness (QED) is 0.334. The molecule has 1 aromatic heterocycles. The summed E-state index contributed by atoms with van der Waals surface area (Å²) in [5, 5.41) is 3.95. The molecule has 0 radical (unpaired) electrons. The predicted molar refractivity (Wildman–Crippen MR) is 157 cm³/mol. The van der Waals surface area contributed by atoms with Crippen LogP contribution in [0.25, 0.3) is 10.2 Å². The van der Waals surface area contributed by atoms with E-state index in [2.05, 4.69) is 41.3 Å². The Bertz CT molecular complexity index is 1420. The molecule has 2 heterocycles. The molecule has 0 bridgehead atoms. The number of amides is 1. The number of benzene rings is 2. The van der Waals surface area contributed by atoms with E-state index < -0.39 is 10.0 Å². The van der Waals surface area contributed by atoms with E-state index >= 15 is 0 Å². The molecule has 1 aliphatic heterocycles. The smallest absolute Gasteiger partial charge is 0.251 e. The minimum Gasteiger partial charge on any atom is -0.494 e. The number of thiazole rings is 1. The summed E-state index contributed by atoms with van der Waals surface area (Å²) >= 11 is 1.70. The van der Waals surface area contributed by atoms with Crippen LogP contribution in [-0.2, 0) is 10.0 Å². The van der Waals surface area contributed by atoms with Gasteiger partial charge in [-0.2, -0.15) is 4.31 Å². The van der Waals surface area contributed by atoms with Gasteiger partial charge in [0.15, 0.2) is 5.13 Å². The SMILES string of the molecule is C=CCN(CC=C)S(=O)(=O)c1ccc(C(=O)NCCN2CCN(c3nc4c(OC)ccc(C)c4s3)CC2)cc1. The van der Waals surface area contributed by atoms with Gasteiger partial charge < -0.3 is 15.0 Å². The van der Waals surface area contributed by atoms with E-state index in [9.17, 15) is 13.2 Å². The van der Waals surface area contributed by atoms with Crippen molar-refractivity contribution >= 4 is 42.6 Å². The first-order valence-electron chi connectivity index (χ1n) is 12.8. The molecule has 3 aromatic rings. The summed E-state index contributed by atoms with van der Waals surface area (Å²) in [6, 6.07) is 10.0. The van der Waals surface area contributed by atoms with Crippen LogP contribution in [0.3, 0.4) is 0 Å². The molecule has 4 rings (SSSR count). The summed E-state index contributed by atoms with van der Waals surface area (Å²) < 4.78 is 33.6. The molecule has 0 saturated carbocycles. The fraction of sp³-hybridized carbons (Fsp3) is 0.357. The van der Waals surface area contributed by atoms with Crippen molar-refractivity contribution in [3.63, 3.8) is 0 Å². The van der Waals surface area contributed by atoms with Crippen molar-refractivity contribution in [3.05, 3.63) is 72.8 Å². The second-order valence-corrected chi connectivity index (χ2v) is 12.2. The first kappa shape index (κ1) is 28.8. The van der Waals surface area contributed by atoms with Gasteiger partial charge in [-0.1, -0.05) is 29.6 Å². The Labute approximate surface area is 234 Å². The highest BCUT2D eigenvalue weighted by Gasteiger charge is 2.23. The fourth-order valence-corrected chi connectivity index (χ4v) is 6.96. The zero-order valence-corrected chi connectivity index (χ0v) is 24.1. The zero-order chi connectivity index (χ0) is 28.0. The number of nitrogens with zero attached hydrogens (tertiary/aromatic N) is 4. The summed E-state index contributed by atoms with van der Waals surface area (Å²) in [5.74, 6) is 0.566. The lowest BCUT2D eigenvalue weighted by atomic mass is 10.2. The number of carbonyl (C=O) groups is 1. The summed E-state index contributed by atoms with van der Waals surface area (Å²) in [5.41, 5.74) is 2.53. The molecule has 2 aromatic carbocycles. The van der Waals surface area contributed by atoms with E-state index in [1.54, 1.807) is 18.4 Å². The standard InChI is InChI=1S/C28H35N5O4S2/c1-5-14-33(15-6-2)39(35,36)23-10-8-22(9-11-23)27(34)29-13-16-31-17-19-32(20-18-31)28-30-25-24(37-4)12-7-21(3)26(25)38-28/h5-12H,1-2,13-20H2,3-4H3,(H,29,34). The lowest BCUT2D eigenvalue weighted by molar-refractivity contribution is 0.0947. The Kier molecular flexibility index (Phi) is 9.39. The Hall–Kier alpha value is -3.25. The summed E-state index contributed by atoms with van der Waals surface area (Å²) in [6.07, 6.45) is 3.06. The van der Waals surface area contributed by atoms with Gasteiger partial charge >= 0.3 is 0 Å². The van der Waals surface area contributed by atoms with Crippen LogP contribution in [0.5, 0.6) is 5.75 Å². The number of nitrogens with one attached hydrogen (secondary N) is 1. The Morgan fingerprint density at radius 2 is 1.77 bits per heavy atom. The molecule has 0 unspecified atom stereocenters. The maximum absolute atomic E-state index is 12.9. The summed E-state index contributed by atoms with van der Waals surface area (Å²) in [7, 11) is -2.03. The van der Waals surface area contributed by atoms with Gasteiger partial charge in [-0.15, -0.1) is 13.2 Å². The maximum Gasteiger partial charge on any atom is 0.251 e. The molecule has 1 N–H and O–H groups in total. The third-order valence-corrected chi connectivity index (χ3v) is 9.79. The van der Waals surface area contributed by atoms with E-state index in [1.165, 1.54) is 46.3 Å². The molecule has 208 valence electrons. The number of methoxy groups -OCH3 is 1. The Morgan fingerprint density at radius 1 is 1.10 bits per heavy atom. The Morgan fingerprint density at radius 3 is 2.38 bits per heavy atom. The summed E-state index contributed by atoms with van der Waals surface area (Å²) in [6.45, 7) is 14.4. The number of hydrogen-bond donors (Lipinski definition) is 1. The maximum atomic E-state index is 12.9. The number of aromatic nitrogens is 1. The van der Waals surface area contributed by atoms with Crippen molar-refractivity contribution in [2.45, 2.75) is 11.8 Å². The van der Waals surface area contributed by atoms with Crippen molar-refractivity contribution in [2.75, 3.05) is 64.4 Å². The highest BCUT2D eigenvalue weighted by atomic mass is 32.2. The molecule has 39 heavy (non-hydrogen) atoms. The molecule has 0 aliphatic carbocycles. The highest BCUT2D eigenvalue weighted by molar-refractivity contribution is 7.89. The van der Waals surface area contributed by atoms with Crippen molar-refractivity contribution in [1.82, 2.24) is 19.5 Å². The van der Waals surface area contributed by atoms with Gasteiger partial charge in [0.2, 0.25) is 10.0 Å². The van der Waals surface area contributed by atoms with E-state index in [4.69, 9.17) is 9.72 Å². The summed E-state index contributed by atoms with van der Waals surface area (Å²) in [4.78, 5) is 22.3. The van der Waals surface area contributed by atoms with E-state index in [0.717, 1.165) is 53.8 Å². The average molecular weight is 570 g/mol. The first-order valence-corrected chi connectivity index (χ1v) is 15.1. The molecule has 1 fully saturated rings. The van der Waals surface area contributed by atoms with Crippen LogP contribution >= 0.6 is 11.3 Å². The molecule has 1 amide bonds. The van der Waals surface area contributed by atoms with Crippen molar-refractivity contribution in [1.29, 1.82) is 0 Å². The third-order valence-electron chi connectivity index (χ3n) is 6.69. The number of carbonyl (C=O) groups excluding carboxylic acids is 1. The monoisotopic (exact) mass is 569 g/mol. The molecule has 9 nitrogen and oxygen atoms in total. The van der Waals surface area contributed by atoms with E-state index in [1.807, 2.05) is 6.07 Å². The van der Waals surface area contributed by atoms with Gasteiger partial charge in [0.25, 0.3) is 5.91 Å². The van der Waals surface area contributed by atoms with Crippen LogP contribution in [-0.4, -0.2) is 88.0 Å². The number of hydrogen-bond acceptors (Lipinski definition) is 8. The average Bonchev–Trinajstić information content (AvgIpc) is 3.40. The van der Waals surface area contributed by atoms with Crippen molar-refractivity contribution in [2.24, 2.45) is 0 Å². The zero-order valence-electron chi connectivity index (χ0n) is 22.4. The number of rotatable bonds is 12. The molecule has 0 spiro atoms. The number of sulfonamides is 1. The normalized spacial score (nSPS) is 14.5. The van der Waals surface area contributed by atoms with Crippen LogP contribution < -0.4 is 15.0 Å². The minimum absolute atomic E-state index is 0.127. The van der Waals surface area contributed by atoms with Crippen LogP contribution in [0.2, 0.25) is 0 Å². The van der Waals surface area contributed by atoms with Crippen LogP contribution in [0, 0.1) is 6.92 Å². The lowest BCUT2D eigenvalue weighted by Crippen LogP contribution is -2.48. The van der Waals surface area contributed by atoms with Crippen molar-refractivity contribution in [3.8, 4) is 5.75 Å². The second-order valence-electron chi connectivity index (χ2n) is 9.27. The van der Waals surface area contributed by atoms with Crippen LogP contribution in [0.1, 0.15) is 15.9 Å². The number of aryl methyl sites for hydroxylation is 1.